The number of benzene rings is 2. The Balaban J connectivity index is 1.61. The molecule has 0 spiro atoms. The number of para-hydroxylation sites is 2. The Kier molecular flexibility index (Phi) is 5.40. The second-order valence-electron chi connectivity index (χ2n) is 5.94. The first kappa shape index (κ1) is 17.9. The molecule has 0 unspecified atom stereocenters. The van der Waals surface area contributed by atoms with Crippen molar-refractivity contribution in [1.29, 1.82) is 0 Å². The molecule has 0 fully saturated rings. The van der Waals surface area contributed by atoms with Crippen molar-refractivity contribution in [2.24, 2.45) is 5.10 Å². The fourth-order valence-electron chi connectivity index (χ4n) is 2.62. The molecular weight excluding hydrogens is 368 g/mol. The number of nitrogens with zero attached hydrogens (tertiary/aromatic N) is 3. The average Bonchev–Trinajstić information content (AvgIpc) is 3.26. The molecule has 4 rings (SSSR count). The van der Waals surface area contributed by atoms with E-state index >= 15 is 0 Å². The van der Waals surface area contributed by atoms with Gasteiger partial charge >= 0.3 is 0 Å². The molecule has 0 atom stereocenters. The smallest absolute Gasteiger partial charge is 0.173 e. The number of methoxy groups -OCH3 is 1. The molecule has 138 valence electrons. The van der Waals surface area contributed by atoms with Crippen molar-refractivity contribution in [1.82, 2.24) is 9.97 Å². The monoisotopic (exact) mass is 386 g/mol. The van der Waals surface area contributed by atoms with Crippen LogP contribution in [-0.2, 0) is 0 Å². The van der Waals surface area contributed by atoms with Crippen molar-refractivity contribution in [2.45, 2.75) is 0 Å². The number of thiophene rings is 1. The van der Waals surface area contributed by atoms with Crippen LogP contribution in [0, 0.1) is 0 Å². The Hall–Kier alpha value is -3.51. The molecule has 0 saturated heterocycles. The van der Waals surface area contributed by atoms with Crippen LogP contribution in [0.25, 0.3) is 23.2 Å². The summed E-state index contributed by atoms with van der Waals surface area (Å²) in [4.78, 5) is 10.6. The number of rotatable bonds is 6. The summed E-state index contributed by atoms with van der Waals surface area (Å²) >= 11 is 1.67. The zero-order chi connectivity index (χ0) is 19.2. The van der Waals surface area contributed by atoms with Gasteiger partial charge in [0.05, 0.1) is 24.4 Å². The number of anilines is 1. The second-order valence-corrected chi connectivity index (χ2v) is 6.92. The molecule has 0 radical (unpaired) electrons. The minimum Gasteiger partial charge on any atom is -0.497 e. The van der Waals surface area contributed by atoms with Gasteiger partial charge in [-0.15, -0.1) is 11.3 Å². The van der Waals surface area contributed by atoms with Gasteiger partial charge in [-0.3, -0.25) is 5.43 Å². The number of ether oxygens (including phenoxy) is 1. The summed E-state index contributed by atoms with van der Waals surface area (Å²) in [7, 11) is 1.65. The Morgan fingerprint density at radius 2 is 1.71 bits per heavy atom. The number of hydrogen-bond donors (Lipinski definition) is 1. The summed E-state index contributed by atoms with van der Waals surface area (Å²) in [6.07, 6.45) is 5.72. The molecule has 6 heteroatoms. The van der Waals surface area contributed by atoms with Crippen molar-refractivity contribution in [3.05, 3.63) is 82.2 Å². The van der Waals surface area contributed by atoms with Crippen molar-refractivity contribution in [2.75, 3.05) is 12.5 Å². The quantitative estimate of drug-likeness (QED) is 0.360. The van der Waals surface area contributed by atoms with Crippen molar-refractivity contribution in [3.8, 4) is 5.75 Å². The van der Waals surface area contributed by atoms with Crippen LogP contribution in [0.4, 0.5) is 5.82 Å². The van der Waals surface area contributed by atoms with Crippen LogP contribution in [0.2, 0.25) is 0 Å². The van der Waals surface area contributed by atoms with Gasteiger partial charge in [0, 0.05) is 4.88 Å². The average molecular weight is 386 g/mol. The third kappa shape index (κ3) is 4.24. The van der Waals surface area contributed by atoms with Crippen molar-refractivity contribution < 1.29 is 4.74 Å². The number of hydrazone groups is 1. The van der Waals surface area contributed by atoms with Crippen LogP contribution in [0.15, 0.2) is 71.1 Å². The highest BCUT2D eigenvalue weighted by molar-refractivity contribution is 7.10. The van der Waals surface area contributed by atoms with Crippen LogP contribution >= 0.6 is 11.3 Å². The zero-order valence-corrected chi connectivity index (χ0v) is 16.1. The van der Waals surface area contributed by atoms with Crippen LogP contribution in [0.1, 0.15) is 16.1 Å². The van der Waals surface area contributed by atoms with E-state index in [1.165, 1.54) is 0 Å². The van der Waals surface area contributed by atoms with Gasteiger partial charge in [-0.2, -0.15) is 5.10 Å². The number of aromatic nitrogens is 2. The van der Waals surface area contributed by atoms with Gasteiger partial charge in [-0.1, -0.05) is 18.2 Å². The van der Waals surface area contributed by atoms with E-state index in [-0.39, 0.29) is 0 Å². The molecule has 0 aliphatic rings. The van der Waals surface area contributed by atoms with Crippen LogP contribution in [0.3, 0.4) is 0 Å². The summed E-state index contributed by atoms with van der Waals surface area (Å²) < 4.78 is 5.17. The predicted octanol–water partition coefficient (Wildman–Crippen LogP) is 5.32. The van der Waals surface area contributed by atoms with Crippen LogP contribution in [-0.4, -0.2) is 23.3 Å². The Morgan fingerprint density at radius 1 is 0.929 bits per heavy atom. The van der Waals surface area contributed by atoms with E-state index in [0.29, 0.717) is 5.82 Å². The number of hydrogen-bond acceptors (Lipinski definition) is 6. The highest BCUT2D eigenvalue weighted by atomic mass is 32.1. The van der Waals surface area contributed by atoms with Gasteiger partial charge in [-0.25, -0.2) is 9.97 Å². The molecular formula is C22H18N4OS. The largest absolute Gasteiger partial charge is 0.497 e. The Morgan fingerprint density at radius 3 is 2.43 bits per heavy atom. The highest BCUT2D eigenvalue weighted by Crippen LogP contribution is 2.20. The molecule has 5 nitrogen and oxygen atoms in total. The van der Waals surface area contributed by atoms with Crippen LogP contribution < -0.4 is 10.2 Å². The topological polar surface area (TPSA) is 59.4 Å². The maximum Gasteiger partial charge on any atom is 0.173 e. The lowest BCUT2D eigenvalue weighted by Crippen LogP contribution is -1.99. The highest BCUT2D eigenvalue weighted by Gasteiger charge is 2.06. The standard InChI is InChI=1S/C22H18N4OS/c1-27-17-10-8-16(9-11-17)15-23-26-22-21(13-12-18-5-4-14-28-18)24-19-6-2-3-7-20(19)25-22/h2-15H,1H3,(H,25,26)/b13-12+,23-15?. The minimum atomic E-state index is 0.608. The summed E-state index contributed by atoms with van der Waals surface area (Å²) in [5.74, 6) is 1.42. The van der Waals surface area contributed by atoms with Gasteiger partial charge in [0.25, 0.3) is 0 Å². The van der Waals surface area contributed by atoms with Gasteiger partial charge in [-0.05, 0) is 65.6 Å². The molecule has 0 saturated carbocycles. The fraction of sp³-hybridized carbons (Fsp3) is 0.0455. The first-order chi connectivity index (χ1) is 13.8. The van der Waals surface area contributed by atoms with Crippen LogP contribution in [0.5, 0.6) is 5.75 Å². The summed E-state index contributed by atoms with van der Waals surface area (Å²) in [6, 6.07) is 19.5. The van der Waals surface area contributed by atoms with Crippen molar-refractivity contribution in [3.63, 3.8) is 0 Å². The summed E-state index contributed by atoms with van der Waals surface area (Å²) in [5.41, 5.74) is 6.38. The molecule has 0 aliphatic carbocycles. The molecule has 0 aliphatic heterocycles. The van der Waals surface area contributed by atoms with E-state index in [9.17, 15) is 0 Å². The third-order valence-electron chi connectivity index (χ3n) is 4.05. The zero-order valence-electron chi connectivity index (χ0n) is 15.2. The van der Waals surface area contributed by atoms with Gasteiger partial charge in [0.15, 0.2) is 5.82 Å². The first-order valence-electron chi connectivity index (χ1n) is 8.73. The Labute approximate surface area is 167 Å². The van der Waals surface area contributed by atoms with E-state index in [0.717, 1.165) is 32.9 Å². The molecule has 2 aromatic carbocycles. The maximum absolute atomic E-state index is 5.17. The molecule has 28 heavy (non-hydrogen) atoms. The van der Waals surface area contributed by atoms with Gasteiger partial charge in [0.2, 0.25) is 0 Å². The van der Waals surface area contributed by atoms with E-state index in [1.54, 1.807) is 24.7 Å². The van der Waals surface area contributed by atoms with Gasteiger partial charge < -0.3 is 4.74 Å². The molecule has 0 amide bonds. The first-order valence-corrected chi connectivity index (χ1v) is 9.61. The normalized spacial score (nSPS) is 11.5. The van der Waals surface area contributed by atoms with Gasteiger partial charge in [0.1, 0.15) is 11.4 Å². The summed E-state index contributed by atoms with van der Waals surface area (Å²) in [5, 5.41) is 6.38. The minimum absolute atomic E-state index is 0.608. The predicted molar refractivity (Wildman–Crippen MR) is 117 cm³/mol. The lowest BCUT2D eigenvalue weighted by molar-refractivity contribution is 0.415. The Bertz CT molecular complexity index is 1120. The molecule has 2 aromatic heterocycles. The number of fused-ring (bicyclic) bond motifs is 1. The lowest BCUT2D eigenvalue weighted by Gasteiger charge is -2.06. The van der Waals surface area contributed by atoms with E-state index in [4.69, 9.17) is 9.72 Å². The van der Waals surface area contributed by atoms with E-state index in [1.807, 2.05) is 72.1 Å². The fourth-order valence-corrected chi connectivity index (χ4v) is 3.24. The lowest BCUT2D eigenvalue weighted by atomic mass is 10.2. The van der Waals surface area contributed by atoms with E-state index < -0.39 is 0 Å². The molecule has 1 N–H and O–H groups in total. The third-order valence-corrected chi connectivity index (χ3v) is 4.88. The van der Waals surface area contributed by atoms with E-state index in [2.05, 4.69) is 21.6 Å². The maximum atomic E-state index is 5.17. The number of nitrogens with one attached hydrogen (secondary N) is 1. The summed E-state index contributed by atoms with van der Waals surface area (Å²) in [6.45, 7) is 0. The SMILES string of the molecule is COc1ccc(C=NNc2nc3ccccc3nc2/C=C/c2cccs2)cc1. The molecule has 0 bridgehead atoms. The van der Waals surface area contributed by atoms with Crippen molar-refractivity contribution >= 4 is 46.6 Å². The second kappa shape index (κ2) is 8.45. The molecule has 2 heterocycles. The molecule has 4 aromatic rings.